The van der Waals surface area contributed by atoms with Crippen LogP contribution in [-0.4, -0.2) is 30.3 Å². The van der Waals surface area contributed by atoms with E-state index in [-0.39, 0.29) is 18.4 Å². The van der Waals surface area contributed by atoms with Crippen LogP contribution in [0.3, 0.4) is 0 Å². The molecule has 0 atom stereocenters. The number of nitrogens with one attached hydrogen (secondary N) is 2. The van der Waals surface area contributed by atoms with Crippen molar-refractivity contribution in [3.63, 3.8) is 0 Å². The van der Waals surface area contributed by atoms with Crippen LogP contribution in [0.4, 0.5) is 0 Å². The predicted molar refractivity (Wildman–Crippen MR) is 143 cm³/mol. The molecular formula is C29H36N4O3. The SMILES string of the molecule is C#CC.Cc1ccc(C(=O)NC2CCC2)cc1-c1ccc(CO/C(CNC(=O)CC2CC2)=N\N)cc1. The highest BCUT2D eigenvalue weighted by atomic mass is 16.5. The van der Waals surface area contributed by atoms with Gasteiger partial charge in [0.1, 0.15) is 6.61 Å². The number of carbonyl (C=O) groups is 2. The van der Waals surface area contributed by atoms with Crippen LogP contribution >= 0.6 is 0 Å². The predicted octanol–water partition coefficient (Wildman–Crippen LogP) is 4.29. The van der Waals surface area contributed by atoms with E-state index in [9.17, 15) is 9.59 Å². The first kappa shape index (κ1) is 26.8. The number of hydrazone groups is 1. The topological polar surface area (TPSA) is 106 Å². The summed E-state index contributed by atoms with van der Waals surface area (Å²) in [7, 11) is 0. The van der Waals surface area contributed by atoms with Crippen molar-refractivity contribution in [1.82, 2.24) is 10.6 Å². The van der Waals surface area contributed by atoms with Crippen molar-refractivity contribution < 1.29 is 14.3 Å². The lowest BCUT2D eigenvalue weighted by molar-refractivity contribution is -0.121. The third-order valence-corrected chi connectivity index (χ3v) is 6.36. The minimum absolute atomic E-state index is 0.00516. The number of nitrogens with two attached hydrogens (primary N) is 1. The number of carbonyl (C=O) groups excluding carboxylic acids is 2. The van der Waals surface area contributed by atoms with E-state index < -0.39 is 0 Å². The van der Waals surface area contributed by atoms with E-state index in [1.807, 2.05) is 49.4 Å². The number of benzene rings is 2. The molecule has 7 nitrogen and oxygen atoms in total. The molecule has 2 aliphatic rings. The molecule has 2 saturated carbocycles. The first-order chi connectivity index (χ1) is 17.4. The first-order valence-electron chi connectivity index (χ1n) is 12.5. The second-order valence-electron chi connectivity index (χ2n) is 9.35. The average Bonchev–Trinajstić information content (AvgIpc) is 3.66. The monoisotopic (exact) mass is 488 g/mol. The zero-order valence-corrected chi connectivity index (χ0v) is 21.2. The molecule has 2 aromatic carbocycles. The highest BCUT2D eigenvalue weighted by Crippen LogP contribution is 2.32. The van der Waals surface area contributed by atoms with E-state index in [1.165, 1.54) is 6.42 Å². The number of terminal acetylenes is 1. The van der Waals surface area contributed by atoms with Crippen LogP contribution < -0.4 is 16.5 Å². The quantitative estimate of drug-likeness (QED) is 0.161. The Morgan fingerprint density at radius 3 is 2.42 bits per heavy atom. The summed E-state index contributed by atoms with van der Waals surface area (Å²) in [4.78, 5) is 24.4. The maximum absolute atomic E-state index is 12.5. The number of hydrogen-bond donors (Lipinski definition) is 3. The number of hydrogen-bond acceptors (Lipinski definition) is 5. The molecule has 2 amide bonds. The van der Waals surface area contributed by atoms with Crippen molar-refractivity contribution >= 4 is 17.7 Å². The highest BCUT2D eigenvalue weighted by molar-refractivity contribution is 5.96. The lowest BCUT2D eigenvalue weighted by atomic mass is 9.92. The van der Waals surface area contributed by atoms with E-state index in [1.54, 1.807) is 6.92 Å². The Bertz CT molecular complexity index is 1110. The summed E-state index contributed by atoms with van der Waals surface area (Å²) in [5.41, 5.74) is 4.82. The van der Waals surface area contributed by atoms with Crippen LogP contribution in [0, 0.1) is 25.2 Å². The van der Waals surface area contributed by atoms with Gasteiger partial charge in [-0.25, -0.2) is 0 Å². The van der Waals surface area contributed by atoms with Crippen LogP contribution in [0.25, 0.3) is 11.1 Å². The van der Waals surface area contributed by atoms with Crippen molar-refractivity contribution in [3.8, 4) is 23.5 Å². The van der Waals surface area contributed by atoms with E-state index in [0.717, 1.165) is 47.9 Å². The molecular weight excluding hydrogens is 452 g/mol. The van der Waals surface area contributed by atoms with E-state index >= 15 is 0 Å². The molecule has 7 heteroatoms. The van der Waals surface area contributed by atoms with E-state index in [4.69, 9.17) is 10.6 Å². The van der Waals surface area contributed by atoms with Gasteiger partial charge in [0.2, 0.25) is 11.8 Å². The standard InChI is InChI=1S/C26H32N4O3.C3H4/c1-17-5-10-21(26(32)29-22-3-2-4-22)14-23(17)20-11-8-19(9-12-20)16-33-25(30-27)15-28-24(31)13-18-6-7-18;1-3-2/h5,8-12,14,18,22H,2-4,6-7,13,15-16,27H2,1H3,(H,28,31)(H,29,32);1H,2H3/b30-25-;. The fourth-order valence-electron chi connectivity index (χ4n) is 3.81. The molecule has 0 saturated heterocycles. The van der Waals surface area contributed by atoms with Crippen molar-refractivity contribution in [2.45, 2.75) is 65.0 Å². The molecule has 190 valence electrons. The van der Waals surface area contributed by atoms with Crippen LogP contribution in [-0.2, 0) is 16.1 Å². The normalized spacial score (nSPS) is 15.0. The van der Waals surface area contributed by atoms with Crippen LogP contribution in [0.15, 0.2) is 47.6 Å². The zero-order chi connectivity index (χ0) is 25.9. The fraction of sp³-hybridized carbons (Fsp3) is 0.414. The molecule has 0 aromatic heterocycles. The molecule has 0 unspecified atom stereocenters. The molecule has 4 N–H and O–H groups in total. The van der Waals surface area contributed by atoms with Crippen molar-refractivity contribution in [2.75, 3.05) is 6.54 Å². The van der Waals surface area contributed by atoms with E-state index in [2.05, 4.69) is 28.1 Å². The van der Waals surface area contributed by atoms with Gasteiger partial charge in [-0.15, -0.1) is 17.4 Å². The molecule has 0 radical (unpaired) electrons. The van der Waals surface area contributed by atoms with Crippen LogP contribution in [0.2, 0.25) is 0 Å². The van der Waals surface area contributed by atoms with E-state index in [0.29, 0.717) is 36.4 Å². The number of nitrogens with zero attached hydrogens (tertiary/aromatic N) is 1. The summed E-state index contributed by atoms with van der Waals surface area (Å²) in [6.45, 7) is 4.19. The van der Waals surface area contributed by atoms with Crippen molar-refractivity contribution in [2.24, 2.45) is 16.9 Å². The van der Waals surface area contributed by atoms with Gasteiger partial charge in [-0.2, -0.15) is 0 Å². The van der Waals surface area contributed by atoms with Gasteiger partial charge in [0, 0.05) is 18.0 Å². The minimum Gasteiger partial charge on any atom is -0.474 e. The Labute approximate surface area is 213 Å². The second-order valence-corrected chi connectivity index (χ2v) is 9.35. The van der Waals surface area contributed by atoms with Gasteiger partial charge in [0.25, 0.3) is 5.91 Å². The third kappa shape index (κ3) is 8.16. The summed E-state index contributed by atoms with van der Waals surface area (Å²) in [5, 5.41) is 9.55. The Morgan fingerprint density at radius 1 is 1.14 bits per heavy atom. The van der Waals surface area contributed by atoms with Crippen molar-refractivity contribution in [1.29, 1.82) is 0 Å². The summed E-state index contributed by atoms with van der Waals surface area (Å²) < 4.78 is 5.68. The fourth-order valence-corrected chi connectivity index (χ4v) is 3.81. The molecule has 0 aliphatic heterocycles. The molecule has 0 heterocycles. The Kier molecular flexibility index (Phi) is 9.93. The lowest BCUT2D eigenvalue weighted by Gasteiger charge is -2.26. The maximum atomic E-state index is 12.5. The number of amides is 2. The molecule has 4 rings (SSSR count). The van der Waals surface area contributed by atoms with Gasteiger partial charge in [0.15, 0.2) is 0 Å². The minimum atomic E-state index is -0.0104. The van der Waals surface area contributed by atoms with Gasteiger partial charge < -0.3 is 21.2 Å². The summed E-state index contributed by atoms with van der Waals surface area (Å²) in [6.07, 6.45) is 10.7. The van der Waals surface area contributed by atoms with Gasteiger partial charge in [-0.1, -0.05) is 30.3 Å². The highest BCUT2D eigenvalue weighted by Gasteiger charge is 2.24. The Morgan fingerprint density at radius 2 is 1.83 bits per heavy atom. The van der Waals surface area contributed by atoms with Gasteiger partial charge >= 0.3 is 0 Å². The number of ether oxygens (including phenoxy) is 1. The summed E-state index contributed by atoms with van der Waals surface area (Å²) in [5.74, 6) is 8.49. The molecule has 2 fully saturated rings. The number of rotatable bonds is 9. The maximum Gasteiger partial charge on any atom is 0.251 e. The molecule has 36 heavy (non-hydrogen) atoms. The third-order valence-electron chi connectivity index (χ3n) is 6.36. The average molecular weight is 489 g/mol. The molecule has 0 spiro atoms. The molecule has 0 bridgehead atoms. The van der Waals surface area contributed by atoms with Crippen molar-refractivity contribution in [3.05, 3.63) is 59.2 Å². The number of aryl methyl sites for hydroxylation is 1. The smallest absolute Gasteiger partial charge is 0.251 e. The van der Waals surface area contributed by atoms with Gasteiger partial charge in [-0.3, -0.25) is 9.59 Å². The largest absolute Gasteiger partial charge is 0.474 e. The second kappa shape index (κ2) is 13.3. The Hall–Kier alpha value is -3.79. The summed E-state index contributed by atoms with van der Waals surface area (Å²) in [6, 6.07) is 14.1. The lowest BCUT2D eigenvalue weighted by Crippen LogP contribution is -2.39. The van der Waals surface area contributed by atoms with Gasteiger partial charge in [-0.05, 0) is 86.3 Å². The first-order valence-corrected chi connectivity index (χ1v) is 12.5. The van der Waals surface area contributed by atoms with Crippen LogP contribution in [0.5, 0.6) is 0 Å². The zero-order valence-electron chi connectivity index (χ0n) is 21.2. The van der Waals surface area contributed by atoms with Crippen LogP contribution in [0.1, 0.15) is 66.9 Å². The molecule has 2 aliphatic carbocycles. The Balaban J connectivity index is 0.00000115. The summed E-state index contributed by atoms with van der Waals surface area (Å²) >= 11 is 0. The van der Waals surface area contributed by atoms with Gasteiger partial charge in [0.05, 0.1) is 6.54 Å². The molecule has 2 aromatic rings.